The van der Waals surface area contributed by atoms with Crippen molar-refractivity contribution in [1.82, 2.24) is 9.47 Å². The maximum Gasteiger partial charge on any atom is 0.268 e. The standard InChI is InChI=1S/C23H26N2O3/c1-4-24(5-2)23(26)22(18-12-14-19(27-3)15-13-18)28-21-11-7-6-10-20(21)25-16-8-9-17-25/h6-17,22H,4-5H2,1-3H3. The van der Waals surface area contributed by atoms with Gasteiger partial charge in [-0.25, -0.2) is 0 Å². The number of carbonyl (C=O) groups excluding carboxylic acids is 1. The monoisotopic (exact) mass is 378 g/mol. The van der Waals surface area contributed by atoms with Gasteiger partial charge in [-0.05, 0) is 50.2 Å². The molecule has 1 unspecified atom stereocenters. The molecule has 1 amide bonds. The van der Waals surface area contributed by atoms with Crippen LogP contribution in [-0.4, -0.2) is 35.6 Å². The molecule has 3 aromatic rings. The molecule has 5 nitrogen and oxygen atoms in total. The van der Waals surface area contributed by atoms with Gasteiger partial charge < -0.3 is 18.9 Å². The lowest BCUT2D eigenvalue weighted by atomic mass is 10.1. The summed E-state index contributed by atoms with van der Waals surface area (Å²) in [4.78, 5) is 15.0. The Morgan fingerprint density at radius 1 is 0.964 bits per heavy atom. The Kier molecular flexibility index (Phi) is 6.37. The maximum absolute atomic E-state index is 13.2. The first-order chi connectivity index (χ1) is 13.7. The molecule has 5 heteroatoms. The average molecular weight is 378 g/mol. The van der Waals surface area contributed by atoms with Gasteiger partial charge in [-0.3, -0.25) is 4.79 Å². The van der Waals surface area contributed by atoms with Crippen molar-refractivity contribution in [3.8, 4) is 17.2 Å². The number of para-hydroxylation sites is 2. The quantitative estimate of drug-likeness (QED) is 0.581. The van der Waals surface area contributed by atoms with Crippen LogP contribution < -0.4 is 9.47 Å². The molecule has 0 bridgehead atoms. The van der Waals surface area contributed by atoms with E-state index in [4.69, 9.17) is 9.47 Å². The SMILES string of the molecule is CCN(CC)C(=O)C(Oc1ccccc1-n1cccc1)c1ccc(OC)cc1. The minimum absolute atomic E-state index is 0.0579. The molecule has 0 spiro atoms. The first kappa shape index (κ1) is 19.5. The number of ether oxygens (including phenoxy) is 2. The summed E-state index contributed by atoms with van der Waals surface area (Å²) in [5, 5.41) is 0. The van der Waals surface area contributed by atoms with Crippen molar-refractivity contribution in [1.29, 1.82) is 0 Å². The van der Waals surface area contributed by atoms with Crippen molar-refractivity contribution in [3.63, 3.8) is 0 Å². The molecule has 0 aliphatic carbocycles. The molecule has 1 atom stereocenters. The molecule has 3 rings (SSSR count). The molecule has 146 valence electrons. The van der Waals surface area contributed by atoms with Crippen LogP contribution in [0, 0.1) is 0 Å². The van der Waals surface area contributed by atoms with Gasteiger partial charge >= 0.3 is 0 Å². The minimum Gasteiger partial charge on any atom is -0.497 e. The molecular formula is C23H26N2O3. The molecule has 0 aliphatic rings. The number of rotatable bonds is 8. The molecule has 0 fully saturated rings. The van der Waals surface area contributed by atoms with Crippen LogP contribution >= 0.6 is 0 Å². The summed E-state index contributed by atoms with van der Waals surface area (Å²) in [7, 11) is 1.62. The fraction of sp³-hybridized carbons (Fsp3) is 0.261. The Labute approximate surface area is 166 Å². The number of nitrogens with zero attached hydrogens (tertiary/aromatic N) is 2. The van der Waals surface area contributed by atoms with Crippen LogP contribution in [0.2, 0.25) is 0 Å². The maximum atomic E-state index is 13.2. The van der Waals surface area contributed by atoms with Gasteiger partial charge in [-0.15, -0.1) is 0 Å². The van der Waals surface area contributed by atoms with E-state index in [1.165, 1.54) is 0 Å². The Bertz CT molecular complexity index is 884. The van der Waals surface area contributed by atoms with Crippen LogP contribution in [0.15, 0.2) is 73.1 Å². The van der Waals surface area contributed by atoms with E-state index in [1.54, 1.807) is 12.0 Å². The van der Waals surface area contributed by atoms with Gasteiger partial charge in [0.25, 0.3) is 5.91 Å². The van der Waals surface area contributed by atoms with Crippen molar-refractivity contribution in [2.45, 2.75) is 20.0 Å². The summed E-state index contributed by atoms with van der Waals surface area (Å²) >= 11 is 0. The first-order valence-corrected chi connectivity index (χ1v) is 9.49. The molecule has 0 radical (unpaired) electrons. The smallest absolute Gasteiger partial charge is 0.268 e. The number of hydrogen-bond acceptors (Lipinski definition) is 3. The molecule has 0 saturated heterocycles. The third-order valence-electron chi connectivity index (χ3n) is 4.71. The highest BCUT2D eigenvalue weighted by atomic mass is 16.5. The van der Waals surface area contributed by atoms with Crippen LogP contribution in [0.25, 0.3) is 5.69 Å². The number of methoxy groups -OCH3 is 1. The molecule has 1 heterocycles. The number of aromatic nitrogens is 1. The lowest BCUT2D eigenvalue weighted by molar-refractivity contribution is -0.138. The normalized spacial score (nSPS) is 11.7. The Morgan fingerprint density at radius 2 is 1.61 bits per heavy atom. The topological polar surface area (TPSA) is 43.7 Å². The van der Waals surface area contributed by atoms with Gasteiger partial charge in [0.05, 0.1) is 12.8 Å². The summed E-state index contributed by atoms with van der Waals surface area (Å²) in [6.45, 7) is 5.20. The van der Waals surface area contributed by atoms with Gasteiger partial charge in [-0.1, -0.05) is 24.3 Å². The van der Waals surface area contributed by atoms with E-state index in [0.717, 1.165) is 17.0 Å². The number of benzene rings is 2. The highest BCUT2D eigenvalue weighted by Crippen LogP contribution is 2.30. The van der Waals surface area contributed by atoms with Crippen molar-refractivity contribution >= 4 is 5.91 Å². The highest BCUT2D eigenvalue weighted by Gasteiger charge is 2.27. The zero-order valence-electron chi connectivity index (χ0n) is 16.5. The number of hydrogen-bond donors (Lipinski definition) is 0. The molecule has 1 aromatic heterocycles. The molecule has 2 aromatic carbocycles. The first-order valence-electron chi connectivity index (χ1n) is 9.49. The van der Waals surface area contributed by atoms with E-state index in [0.29, 0.717) is 18.8 Å². The second-order valence-electron chi connectivity index (χ2n) is 6.34. The summed E-state index contributed by atoms with van der Waals surface area (Å²) in [6.07, 6.45) is 3.18. The Morgan fingerprint density at radius 3 is 2.21 bits per heavy atom. The van der Waals surface area contributed by atoms with Crippen LogP contribution in [0.5, 0.6) is 11.5 Å². The van der Waals surface area contributed by atoms with Crippen LogP contribution in [0.1, 0.15) is 25.5 Å². The van der Waals surface area contributed by atoms with E-state index in [1.807, 2.05) is 91.5 Å². The van der Waals surface area contributed by atoms with Gasteiger partial charge in [0.1, 0.15) is 11.5 Å². The van der Waals surface area contributed by atoms with E-state index in [2.05, 4.69) is 0 Å². The predicted octanol–water partition coefficient (Wildman–Crippen LogP) is 4.47. The Balaban J connectivity index is 1.99. The molecule has 0 saturated carbocycles. The van der Waals surface area contributed by atoms with Crippen LogP contribution in [0.3, 0.4) is 0 Å². The number of amides is 1. The highest BCUT2D eigenvalue weighted by molar-refractivity contribution is 5.83. The number of likely N-dealkylation sites (N-methyl/N-ethyl adjacent to an activating group) is 1. The van der Waals surface area contributed by atoms with E-state index in [-0.39, 0.29) is 5.91 Å². The zero-order chi connectivity index (χ0) is 19.9. The van der Waals surface area contributed by atoms with Crippen molar-refractivity contribution in [3.05, 3.63) is 78.6 Å². The van der Waals surface area contributed by atoms with Gasteiger partial charge in [-0.2, -0.15) is 0 Å². The summed E-state index contributed by atoms with van der Waals surface area (Å²) in [5.74, 6) is 1.34. The van der Waals surface area contributed by atoms with Crippen molar-refractivity contribution in [2.24, 2.45) is 0 Å². The lowest BCUT2D eigenvalue weighted by Gasteiger charge is -2.27. The van der Waals surface area contributed by atoms with Gasteiger partial charge in [0.15, 0.2) is 0 Å². The zero-order valence-corrected chi connectivity index (χ0v) is 16.5. The van der Waals surface area contributed by atoms with E-state index in [9.17, 15) is 4.79 Å². The van der Waals surface area contributed by atoms with E-state index < -0.39 is 6.10 Å². The van der Waals surface area contributed by atoms with Crippen LogP contribution in [0.4, 0.5) is 0 Å². The molecule has 0 aliphatic heterocycles. The minimum atomic E-state index is -0.734. The van der Waals surface area contributed by atoms with Gasteiger partial charge in [0.2, 0.25) is 6.10 Å². The second kappa shape index (κ2) is 9.13. The molecule has 28 heavy (non-hydrogen) atoms. The van der Waals surface area contributed by atoms with Crippen molar-refractivity contribution < 1.29 is 14.3 Å². The average Bonchev–Trinajstić information content (AvgIpc) is 3.28. The molecular weight excluding hydrogens is 352 g/mol. The third kappa shape index (κ3) is 4.19. The summed E-state index contributed by atoms with van der Waals surface area (Å²) in [6, 6.07) is 19.1. The largest absolute Gasteiger partial charge is 0.497 e. The summed E-state index contributed by atoms with van der Waals surface area (Å²) < 4.78 is 13.5. The molecule has 0 N–H and O–H groups in total. The third-order valence-corrected chi connectivity index (χ3v) is 4.71. The van der Waals surface area contributed by atoms with Gasteiger partial charge in [0, 0.05) is 31.0 Å². The lowest BCUT2D eigenvalue weighted by Crippen LogP contribution is -2.37. The van der Waals surface area contributed by atoms with E-state index >= 15 is 0 Å². The second-order valence-corrected chi connectivity index (χ2v) is 6.34. The van der Waals surface area contributed by atoms with Crippen molar-refractivity contribution in [2.75, 3.05) is 20.2 Å². The fourth-order valence-corrected chi connectivity index (χ4v) is 3.13. The predicted molar refractivity (Wildman–Crippen MR) is 110 cm³/mol. The Hall–Kier alpha value is -3.21. The van der Waals surface area contributed by atoms with Crippen LogP contribution in [-0.2, 0) is 4.79 Å². The number of carbonyl (C=O) groups is 1. The summed E-state index contributed by atoms with van der Waals surface area (Å²) in [5.41, 5.74) is 1.68. The fourth-order valence-electron chi connectivity index (χ4n) is 3.13.